The van der Waals surface area contributed by atoms with E-state index >= 15 is 0 Å². The topological polar surface area (TPSA) is 60.9 Å². The van der Waals surface area contributed by atoms with Gasteiger partial charge in [-0.05, 0) is 55.9 Å². The largest absolute Gasteiger partial charge is 0.342 e. The van der Waals surface area contributed by atoms with Crippen molar-refractivity contribution in [2.75, 3.05) is 38.1 Å². The zero-order valence-electron chi connectivity index (χ0n) is 17.7. The van der Waals surface area contributed by atoms with E-state index in [0.29, 0.717) is 31.5 Å². The van der Waals surface area contributed by atoms with Gasteiger partial charge in [-0.15, -0.1) is 0 Å². The summed E-state index contributed by atoms with van der Waals surface area (Å²) < 4.78 is 0. The third-order valence-electron chi connectivity index (χ3n) is 6.90. The number of nitrogens with zero attached hydrogens (tertiary/aromatic N) is 3. The van der Waals surface area contributed by atoms with Crippen LogP contribution in [0.15, 0.2) is 18.2 Å². The van der Waals surface area contributed by atoms with Crippen LogP contribution in [-0.4, -0.2) is 60.7 Å². The third kappa shape index (κ3) is 3.22. The van der Waals surface area contributed by atoms with Gasteiger partial charge in [-0.1, -0.05) is 13.8 Å². The van der Waals surface area contributed by atoms with Crippen molar-refractivity contribution in [3.05, 3.63) is 29.3 Å². The number of carbonyl (C=O) groups excluding carboxylic acids is 3. The number of rotatable bonds is 2. The van der Waals surface area contributed by atoms with Gasteiger partial charge in [-0.25, -0.2) is 0 Å². The highest BCUT2D eigenvalue weighted by atomic mass is 16.2. The first-order valence-electron chi connectivity index (χ1n) is 10.9. The van der Waals surface area contributed by atoms with Gasteiger partial charge in [-0.2, -0.15) is 0 Å². The Morgan fingerprint density at radius 3 is 2.24 bits per heavy atom. The maximum atomic E-state index is 13.3. The molecule has 29 heavy (non-hydrogen) atoms. The number of likely N-dealkylation sites (tertiary alicyclic amines) is 2. The van der Waals surface area contributed by atoms with E-state index < -0.39 is 5.41 Å². The number of amides is 3. The molecule has 2 fully saturated rings. The van der Waals surface area contributed by atoms with Crippen LogP contribution in [0.2, 0.25) is 0 Å². The van der Waals surface area contributed by atoms with Crippen molar-refractivity contribution < 1.29 is 14.4 Å². The van der Waals surface area contributed by atoms with E-state index in [0.717, 1.165) is 37.2 Å². The highest BCUT2D eigenvalue weighted by Crippen LogP contribution is 2.48. The fourth-order valence-corrected chi connectivity index (χ4v) is 5.13. The molecule has 0 aliphatic carbocycles. The highest BCUT2D eigenvalue weighted by molar-refractivity contribution is 6.09. The Kier molecular flexibility index (Phi) is 5.13. The van der Waals surface area contributed by atoms with Crippen molar-refractivity contribution in [1.29, 1.82) is 0 Å². The van der Waals surface area contributed by atoms with Gasteiger partial charge >= 0.3 is 0 Å². The Labute approximate surface area is 172 Å². The normalized spacial score (nSPS) is 21.1. The van der Waals surface area contributed by atoms with Crippen LogP contribution < -0.4 is 4.90 Å². The molecule has 0 radical (unpaired) electrons. The van der Waals surface area contributed by atoms with Gasteiger partial charge in [0.25, 0.3) is 5.91 Å². The standard InChI is InChI=1S/C23H31N3O3/c1-16(2)20(27)26-13-9-23(10-14-26)18-15-17(7-8-19(18)24(3)22(23)29)21(28)25-11-5-4-6-12-25/h7-8,15-16H,4-6,9-14H2,1-3H3. The fraction of sp³-hybridized carbons (Fsp3) is 0.609. The zero-order valence-corrected chi connectivity index (χ0v) is 17.7. The lowest BCUT2D eigenvalue weighted by Gasteiger charge is -2.39. The molecule has 4 rings (SSSR count). The molecule has 6 nitrogen and oxygen atoms in total. The molecular weight excluding hydrogens is 366 g/mol. The second-order valence-electron chi connectivity index (χ2n) is 9.01. The summed E-state index contributed by atoms with van der Waals surface area (Å²) in [4.78, 5) is 44.2. The Hall–Kier alpha value is -2.37. The lowest BCUT2D eigenvalue weighted by atomic mass is 9.73. The Bertz CT molecular complexity index is 834. The molecule has 3 heterocycles. The van der Waals surface area contributed by atoms with Crippen LogP contribution in [0.1, 0.15) is 61.9 Å². The quantitative estimate of drug-likeness (QED) is 0.771. The second-order valence-corrected chi connectivity index (χ2v) is 9.01. The van der Waals surface area contributed by atoms with Gasteiger partial charge < -0.3 is 14.7 Å². The van der Waals surface area contributed by atoms with Crippen LogP contribution in [-0.2, 0) is 15.0 Å². The van der Waals surface area contributed by atoms with Gasteiger partial charge in [0.1, 0.15) is 0 Å². The molecule has 0 bridgehead atoms. The molecule has 6 heteroatoms. The van der Waals surface area contributed by atoms with Crippen molar-refractivity contribution in [2.45, 2.75) is 51.4 Å². The van der Waals surface area contributed by atoms with E-state index in [1.54, 1.807) is 4.90 Å². The summed E-state index contributed by atoms with van der Waals surface area (Å²) in [5, 5.41) is 0. The second kappa shape index (κ2) is 7.47. The molecule has 2 saturated heterocycles. The molecule has 3 aliphatic heterocycles. The van der Waals surface area contributed by atoms with Crippen molar-refractivity contribution >= 4 is 23.4 Å². The van der Waals surface area contributed by atoms with E-state index in [-0.39, 0.29) is 23.6 Å². The van der Waals surface area contributed by atoms with E-state index in [9.17, 15) is 14.4 Å². The van der Waals surface area contributed by atoms with Crippen molar-refractivity contribution in [2.24, 2.45) is 5.92 Å². The number of hydrogen-bond acceptors (Lipinski definition) is 3. The van der Waals surface area contributed by atoms with Gasteiger partial charge in [0.2, 0.25) is 11.8 Å². The number of hydrogen-bond donors (Lipinski definition) is 0. The minimum atomic E-state index is -0.615. The highest BCUT2D eigenvalue weighted by Gasteiger charge is 2.51. The van der Waals surface area contributed by atoms with E-state index in [2.05, 4.69) is 0 Å². The number of anilines is 1. The van der Waals surface area contributed by atoms with E-state index in [4.69, 9.17) is 0 Å². The number of benzene rings is 1. The predicted molar refractivity (Wildman–Crippen MR) is 112 cm³/mol. The summed E-state index contributed by atoms with van der Waals surface area (Å²) in [6.07, 6.45) is 4.52. The molecule has 3 amide bonds. The van der Waals surface area contributed by atoms with Crippen LogP contribution >= 0.6 is 0 Å². The van der Waals surface area contributed by atoms with Crippen molar-refractivity contribution in [3.8, 4) is 0 Å². The SMILES string of the molecule is CC(C)C(=O)N1CCC2(CC1)C(=O)N(C)c1ccc(C(=O)N3CCCCC3)cc12. The molecule has 0 saturated carbocycles. The average molecular weight is 398 g/mol. The smallest absolute Gasteiger partial charge is 0.253 e. The van der Waals surface area contributed by atoms with Gasteiger partial charge in [-0.3, -0.25) is 14.4 Å². The van der Waals surface area contributed by atoms with E-state index in [1.807, 2.05) is 48.9 Å². The molecule has 1 aromatic rings. The fourth-order valence-electron chi connectivity index (χ4n) is 5.13. The summed E-state index contributed by atoms with van der Waals surface area (Å²) in [5.74, 6) is 0.267. The molecule has 0 unspecified atom stereocenters. The molecular formula is C23H31N3O3. The monoisotopic (exact) mass is 397 g/mol. The summed E-state index contributed by atoms with van der Waals surface area (Å²) >= 11 is 0. The van der Waals surface area contributed by atoms with Crippen LogP contribution in [0.3, 0.4) is 0 Å². The molecule has 0 atom stereocenters. The van der Waals surface area contributed by atoms with Gasteiger partial charge in [0.15, 0.2) is 0 Å². The molecule has 3 aliphatic rings. The molecule has 1 spiro atoms. The maximum absolute atomic E-state index is 13.3. The Morgan fingerprint density at radius 1 is 0.966 bits per heavy atom. The van der Waals surface area contributed by atoms with Crippen LogP contribution in [0.25, 0.3) is 0 Å². The number of likely N-dealkylation sites (N-methyl/N-ethyl adjacent to an activating group) is 1. The molecule has 156 valence electrons. The Balaban J connectivity index is 1.63. The molecule has 0 N–H and O–H groups in total. The first-order chi connectivity index (χ1) is 13.8. The lowest BCUT2D eigenvalue weighted by molar-refractivity contribution is -0.138. The number of fused-ring (bicyclic) bond motifs is 2. The van der Waals surface area contributed by atoms with Crippen LogP contribution in [0.4, 0.5) is 5.69 Å². The summed E-state index contributed by atoms with van der Waals surface area (Å²) in [6, 6.07) is 5.73. The summed E-state index contributed by atoms with van der Waals surface area (Å²) in [5.41, 5.74) is 1.92. The van der Waals surface area contributed by atoms with Crippen LogP contribution in [0, 0.1) is 5.92 Å². The first kappa shape index (κ1) is 19.9. The Morgan fingerprint density at radius 2 is 1.62 bits per heavy atom. The predicted octanol–water partition coefficient (Wildman–Crippen LogP) is 2.81. The number of carbonyl (C=O) groups is 3. The maximum Gasteiger partial charge on any atom is 0.253 e. The molecule has 0 aromatic heterocycles. The van der Waals surface area contributed by atoms with Gasteiger partial charge in [0.05, 0.1) is 5.41 Å². The minimum Gasteiger partial charge on any atom is -0.342 e. The summed E-state index contributed by atoms with van der Waals surface area (Å²) in [6.45, 7) is 6.61. The van der Waals surface area contributed by atoms with Gasteiger partial charge in [0, 0.05) is 50.4 Å². The van der Waals surface area contributed by atoms with Crippen LogP contribution in [0.5, 0.6) is 0 Å². The third-order valence-corrected chi connectivity index (χ3v) is 6.90. The minimum absolute atomic E-state index is 0.0351. The van der Waals surface area contributed by atoms with Crippen molar-refractivity contribution in [3.63, 3.8) is 0 Å². The molecule has 1 aromatic carbocycles. The first-order valence-corrected chi connectivity index (χ1v) is 10.9. The lowest BCUT2D eigenvalue weighted by Crippen LogP contribution is -2.50. The van der Waals surface area contributed by atoms with E-state index in [1.165, 1.54) is 6.42 Å². The van der Waals surface area contributed by atoms with Crippen molar-refractivity contribution in [1.82, 2.24) is 9.80 Å². The summed E-state index contributed by atoms with van der Waals surface area (Å²) in [7, 11) is 1.81. The zero-order chi connectivity index (χ0) is 20.8. The average Bonchev–Trinajstić information content (AvgIpc) is 2.95. The number of piperidine rings is 2.